The van der Waals surface area contributed by atoms with Gasteiger partial charge in [-0.05, 0) is 30.3 Å². The molecule has 0 aliphatic heterocycles. The molecular formula is C16H13F2N3. The van der Waals surface area contributed by atoms with E-state index in [0.717, 1.165) is 17.4 Å². The van der Waals surface area contributed by atoms with E-state index in [9.17, 15) is 8.78 Å². The molecule has 1 N–H and O–H groups in total. The van der Waals surface area contributed by atoms with Gasteiger partial charge in [0, 0.05) is 12.3 Å². The van der Waals surface area contributed by atoms with Crippen LogP contribution in [0, 0.1) is 11.6 Å². The third-order valence-corrected chi connectivity index (χ3v) is 3.06. The van der Waals surface area contributed by atoms with Crippen molar-refractivity contribution < 1.29 is 8.78 Å². The van der Waals surface area contributed by atoms with Gasteiger partial charge in [0.15, 0.2) is 0 Å². The maximum absolute atomic E-state index is 13.5. The normalized spacial score (nSPS) is 10.6. The van der Waals surface area contributed by atoms with Crippen molar-refractivity contribution in [3.8, 4) is 5.69 Å². The standard InChI is InChI=1S/C16H13F2N3/c17-12-6-7-16(15(18)10-12)19-11-13-8-9-21(20-13)14-4-2-1-3-5-14/h1-10,19H,11H2. The number of halogens is 2. The van der Waals surface area contributed by atoms with E-state index < -0.39 is 11.6 Å². The predicted molar refractivity (Wildman–Crippen MR) is 77.2 cm³/mol. The van der Waals surface area contributed by atoms with Gasteiger partial charge in [0.1, 0.15) is 11.6 Å². The van der Waals surface area contributed by atoms with Gasteiger partial charge in [-0.3, -0.25) is 0 Å². The minimum Gasteiger partial charge on any atom is -0.377 e. The van der Waals surface area contributed by atoms with Gasteiger partial charge in [-0.15, -0.1) is 0 Å². The molecule has 0 atom stereocenters. The van der Waals surface area contributed by atoms with Crippen LogP contribution in [-0.4, -0.2) is 9.78 Å². The third kappa shape index (κ3) is 3.08. The lowest BCUT2D eigenvalue weighted by molar-refractivity contribution is 0.585. The Kier molecular flexibility index (Phi) is 3.64. The van der Waals surface area contributed by atoms with E-state index in [0.29, 0.717) is 6.54 Å². The summed E-state index contributed by atoms with van der Waals surface area (Å²) in [4.78, 5) is 0. The zero-order chi connectivity index (χ0) is 14.7. The van der Waals surface area contributed by atoms with Gasteiger partial charge >= 0.3 is 0 Å². The molecule has 0 unspecified atom stereocenters. The Morgan fingerprint density at radius 3 is 2.57 bits per heavy atom. The van der Waals surface area contributed by atoms with Crippen LogP contribution in [0.25, 0.3) is 5.69 Å². The zero-order valence-corrected chi connectivity index (χ0v) is 11.1. The number of aromatic nitrogens is 2. The monoisotopic (exact) mass is 285 g/mol. The number of hydrogen-bond donors (Lipinski definition) is 1. The fourth-order valence-electron chi connectivity index (χ4n) is 2.00. The summed E-state index contributed by atoms with van der Waals surface area (Å²) in [5.74, 6) is -1.20. The van der Waals surface area contributed by atoms with E-state index >= 15 is 0 Å². The van der Waals surface area contributed by atoms with E-state index in [1.807, 2.05) is 42.6 Å². The van der Waals surface area contributed by atoms with E-state index in [2.05, 4.69) is 10.4 Å². The molecule has 0 aliphatic carbocycles. The average Bonchev–Trinajstić information content (AvgIpc) is 2.96. The fraction of sp³-hybridized carbons (Fsp3) is 0.0625. The Morgan fingerprint density at radius 2 is 1.81 bits per heavy atom. The lowest BCUT2D eigenvalue weighted by Gasteiger charge is -2.05. The lowest BCUT2D eigenvalue weighted by atomic mass is 10.3. The third-order valence-electron chi connectivity index (χ3n) is 3.06. The van der Waals surface area contributed by atoms with Crippen LogP contribution >= 0.6 is 0 Å². The summed E-state index contributed by atoms with van der Waals surface area (Å²) < 4.78 is 28.1. The Bertz CT molecular complexity index is 738. The number of benzene rings is 2. The number of rotatable bonds is 4. The second-order valence-corrected chi connectivity index (χ2v) is 4.56. The summed E-state index contributed by atoms with van der Waals surface area (Å²) in [6.07, 6.45) is 1.84. The molecule has 3 nitrogen and oxygen atoms in total. The van der Waals surface area contributed by atoms with Crippen molar-refractivity contribution in [3.63, 3.8) is 0 Å². The quantitative estimate of drug-likeness (QED) is 0.791. The largest absolute Gasteiger partial charge is 0.377 e. The van der Waals surface area contributed by atoms with Crippen LogP contribution in [0.4, 0.5) is 14.5 Å². The molecule has 21 heavy (non-hydrogen) atoms. The number of para-hydroxylation sites is 1. The highest BCUT2D eigenvalue weighted by Crippen LogP contribution is 2.16. The van der Waals surface area contributed by atoms with Crippen LogP contribution < -0.4 is 5.32 Å². The smallest absolute Gasteiger partial charge is 0.149 e. The molecule has 0 saturated carbocycles. The van der Waals surface area contributed by atoms with Crippen LogP contribution in [-0.2, 0) is 6.54 Å². The van der Waals surface area contributed by atoms with Crippen molar-refractivity contribution in [2.45, 2.75) is 6.54 Å². The van der Waals surface area contributed by atoms with Crippen LogP contribution in [0.2, 0.25) is 0 Å². The van der Waals surface area contributed by atoms with Crippen molar-refractivity contribution in [1.29, 1.82) is 0 Å². The van der Waals surface area contributed by atoms with Crippen molar-refractivity contribution in [2.24, 2.45) is 0 Å². The van der Waals surface area contributed by atoms with E-state index in [1.165, 1.54) is 12.1 Å². The molecule has 0 aliphatic rings. The highest BCUT2D eigenvalue weighted by atomic mass is 19.1. The minimum absolute atomic E-state index is 0.255. The minimum atomic E-state index is -0.613. The Morgan fingerprint density at radius 1 is 1.00 bits per heavy atom. The number of hydrogen-bond acceptors (Lipinski definition) is 2. The van der Waals surface area contributed by atoms with Gasteiger partial charge < -0.3 is 5.32 Å². The number of anilines is 1. The Balaban J connectivity index is 1.70. The van der Waals surface area contributed by atoms with E-state index in [1.54, 1.807) is 4.68 Å². The topological polar surface area (TPSA) is 29.9 Å². The Hall–Kier alpha value is -2.69. The van der Waals surface area contributed by atoms with Crippen LogP contribution in [0.1, 0.15) is 5.69 Å². The van der Waals surface area contributed by atoms with Gasteiger partial charge in [-0.1, -0.05) is 18.2 Å². The number of nitrogens with zero attached hydrogens (tertiary/aromatic N) is 2. The second kappa shape index (κ2) is 5.75. The summed E-state index contributed by atoms with van der Waals surface area (Å²) in [6, 6.07) is 15.0. The van der Waals surface area contributed by atoms with Crippen LogP contribution in [0.3, 0.4) is 0 Å². The molecule has 3 rings (SSSR count). The highest BCUT2D eigenvalue weighted by molar-refractivity contribution is 5.45. The maximum Gasteiger partial charge on any atom is 0.149 e. The molecule has 1 heterocycles. The van der Waals surface area contributed by atoms with E-state index in [4.69, 9.17) is 0 Å². The predicted octanol–water partition coefficient (Wildman–Crippen LogP) is 3.76. The van der Waals surface area contributed by atoms with Gasteiger partial charge in [0.05, 0.1) is 23.6 Å². The molecule has 0 amide bonds. The van der Waals surface area contributed by atoms with Gasteiger partial charge in [0.25, 0.3) is 0 Å². The molecule has 1 aromatic heterocycles. The molecule has 0 radical (unpaired) electrons. The first-order valence-corrected chi connectivity index (χ1v) is 6.51. The van der Waals surface area contributed by atoms with E-state index in [-0.39, 0.29) is 5.69 Å². The average molecular weight is 285 g/mol. The summed E-state index contributed by atoms with van der Waals surface area (Å²) in [6.45, 7) is 0.363. The van der Waals surface area contributed by atoms with Crippen LogP contribution in [0.15, 0.2) is 60.8 Å². The molecule has 2 aromatic carbocycles. The Labute approximate surface area is 120 Å². The molecule has 0 bridgehead atoms. The summed E-state index contributed by atoms with van der Waals surface area (Å²) >= 11 is 0. The van der Waals surface area contributed by atoms with Crippen LogP contribution in [0.5, 0.6) is 0 Å². The molecular weight excluding hydrogens is 272 g/mol. The zero-order valence-electron chi connectivity index (χ0n) is 11.1. The first-order chi connectivity index (χ1) is 10.2. The van der Waals surface area contributed by atoms with Gasteiger partial charge in [-0.2, -0.15) is 5.10 Å². The maximum atomic E-state index is 13.5. The molecule has 0 fully saturated rings. The SMILES string of the molecule is Fc1ccc(NCc2ccn(-c3ccccc3)n2)c(F)c1. The second-order valence-electron chi connectivity index (χ2n) is 4.56. The number of nitrogens with one attached hydrogen (secondary N) is 1. The molecule has 0 spiro atoms. The highest BCUT2D eigenvalue weighted by Gasteiger charge is 2.05. The van der Waals surface area contributed by atoms with Gasteiger partial charge in [0.2, 0.25) is 0 Å². The summed E-state index contributed by atoms with van der Waals surface area (Å²) in [5.41, 5.74) is 1.98. The first kappa shape index (κ1) is 13.3. The van der Waals surface area contributed by atoms with Crippen molar-refractivity contribution in [3.05, 3.63) is 78.1 Å². The molecule has 3 aromatic rings. The van der Waals surface area contributed by atoms with Gasteiger partial charge in [-0.25, -0.2) is 13.5 Å². The fourth-order valence-corrected chi connectivity index (χ4v) is 2.00. The van der Waals surface area contributed by atoms with Crippen molar-refractivity contribution in [2.75, 3.05) is 5.32 Å². The first-order valence-electron chi connectivity index (χ1n) is 6.51. The van der Waals surface area contributed by atoms with Crippen molar-refractivity contribution in [1.82, 2.24) is 9.78 Å². The molecule has 5 heteroatoms. The summed E-state index contributed by atoms with van der Waals surface area (Å²) in [5, 5.41) is 7.30. The summed E-state index contributed by atoms with van der Waals surface area (Å²) in [7, 11) is 0. The molecule has 0 saturated heterocycles. The van der Waals surface area contributed by atoms with Crippen molar-refractivity contribution >= 4 is 5.69 Å². The molecule has 106 valence electrons. The lowest BCUT2D eigenvalue weighted by Crippen LogP contribution is -2.03.